The Morgan fingerprint density at radius 2 is 1.78 bits per heavy atom. The molecule has 1 aliphatic carbocycles. The number of Topliss-reactive ketones (excluding diaryl/α,β-unsaturated/α-hetero) is 1. The number of carbonyl (C=O) groups excluding carboxylic acids is 3. The molecule has 1 atom stereocenters. The Labute approximate surface area is 212 Å². The van der Waals surface area contributed by atoms with E-state index in [9.17, 15) is 37.5 Å². The Hall–Kier alpha value is -3.37. The predicted molar refractivity (Wildman–Crippen MR) is 127 cm³/mol. The number of nitrogens with one attached hydrogen (secondary N) is 1. The molecule has 0 radical (unpaired) electrons. The molecule has 1 heterocycles. The van der Waals surface area contributed by atoms with Gasteiger partial charge in [0.1, 0.15) is 18.5 Å². The number of amides is 2. The van der Waals surface area contributed by atoms with E-state index in [1.165, 1.54) is 12.2 Å². The van der Waals surface area contributed by atoms with E-state index in [1.807, 2.05) is 0 Å². The molecule has 1 aromatic carbocycles. The molecule has 11 heteroatoms. The summed E-state index contributed by atoms with van der Waals surface area (Å²) in [5.74, 6) is -8.09. The van der Waals surface area contributed by atoms with Crippen LogP contribution < -0.4 is 10.1 Å². The van der Waals surface area contributed by atoms with Crippen LogP contribution in [-0.2, 0) is 19.2 Å². The summed E-state index contributed by atoms with van der Waals surface area (Å²) in [7, 11) is 0. The number of ether oxygens (including phenoxy) is 1. The van der Waals surface area contributed by atoms with E-state index < -0.39 is 71.4 Å². The smallest absolute Gasteiger partial charge is 0.305 e. The predicted octanol–water partition coefficient (Wildman–Crippen LogP) is 3.47. The van der Waals surface area contributed by atoms with Crippen molar-refractivity contribution in [3.8, 4) is 5.75 Å². The molecular formula is C26H31F3N2O6. The van der Waals surface area contributed by atoms with E-state index in [-0.39, 0.29) is 11.8 Å². The highest BCUT2D eigenvalue weighted by atomic mass is 19.2. The van der Waals surface area contributed by atoms with Gasteiger partial charge in [-0.15, -0.1) is 0 Å². The Balaban J connectivity index is 1.63. The van der Waals surface area contributed by atoms with Gasteiger partial charge in [-0.2, -0.15) is 4.39 Å². The number of nitrogens with zero attached hydrogens (tertiary/aromatic N) is 1. The van der Waals surface area contributed by atoms with Crippen LogP contribution in [0.1, 0.15) is 57.4 Å². The second-order valence-electron chi connectivity index (χ2n) is 9.35. The van der Waals surface area contributed by atoms with Crippen molar-refractivity contribution in [3.05, 3.63) is 35.2 Å². The number of carbonyl (C=O) groups is 4. The molecule has 0 unspecified atom stereocenters. The number of aliphatic carboxylic acids is 1. The Bertz CT molecular complexity index is 1060. The molecule has 1 aromatic rings. The van der Waals surface area contributed by atoms with Crippen molar-refractivity contribution in [2.24, 2.45) is 11.8 Å². The summed E-state index contributed by atoms with van der Waals surface area (Å²) in [6, 6.07) is -1.13. The fraction of sp³-hybridized carbons (Fsp3) is 0.538. The van der Waals surface area contributed by atoms with E-state index >= 15 is 0 Å². The number of carboxylic acids is 1. The van der Waals surface area contributed by atoms with Crippen molar-refractivity contribution in [1.29, 1.82) is 0 Å². The molecule has 2 amide bonds. The van der Waals surface area contributed by atoms with E-state index in [4.69, 9.17) is 4.74 Å². The molecule has 1 aliphatic heterocycles. The highest BCUT2D eigenvalue weighted by Gasteiger charge is 2.34. The monoisotopic (exact) mass is 524 g/mol. The zero-order valence-corrected chi connectivity index (χ0v) is 20.6. The maximum atomic E-state index is 14.3. The van der Waals surface area contributed by atoms with Crippen molar-refractivity contribution in [2.75, 3.05) is 19.7 Å². The number of hydrogen-bond donors (Lipinski definition) is 2. The number of benzene rings is 1. The number of rotatable bonds is 11. The van der Waals surface area contributed by atoms with Gasteiger partial charge >= 0.3 is 5.97 Å². The lowest BCUT2D eigenvalue weighted by atomic mass is 9.83. The lowest BCUT2D eigenvalue weighted by Crippen LogP contribution is -2.50. The Kier molecular flexibility index (Phi) is 9.71. The highest BCUT2D eigenvalue weighted by molar-refractivity contribution is 5.93. The van der Waals surface area contributed by atoms with Crippen LogP contribution in [0, 0.1) is 29.3 Å². The van der Waals surface area contributed by atoms with Crippen LogP contribution in [0.2, 0.25) is 0 Å². The van der Waals surface area contributed by atoms with E-state index in [0.29, 0.717) is 38.4 Å². The summed E-state index contributed by atoms with van der Waals surface area (Å²) in [5, 5.41) is 11.6. The van der Waals surface area contributed by atoms with Crippen molar-refractivity contribution in [1.82, 2.24) is 10.2 Å². The molecule has 0 spiro atoms. The van der Waals surface area contributed by atoms with Crippen molar-refractivity contribution in [2.45, 2.75) is 57.9 Å². The summed E-state index contributed by atoms with van der Waals surface area (Å²) in [6.45, 7) is 1.62. The minimum Gasteiger partial charge on any atom is -0.482 e. The van der Waals surface area contributed by atoms with Gasteiger partial charge in [0.2, 0.25) is 17.6 Å². The third-order valence-electron chi connectivity index (χ3n) is 6.76. The summed E-state index contributed by atoms with van der Waals surface area (Å²) in [5.41, 5.74) is -0.393. The van der Waals surface area contributed by atoms with Crippen LogP contribution in [0.3, 0.4) is 0 Å². The lowest BCUT2D eigenvalue weighted by molar-refractivity contribution is -0.143. The first-order valence-corrected chi connectivity index (χ1v) is 12.4. The largest absolute Gasteiger partial charge is 0.482 e. The zero-order chi connectivity index (χ0) is 27.1. The molecule has 0 aromatic heterocycles. The summed E-state index contributed by atoms with van der Waals surface area (Å²) < 4.78 is 47.4. The number of allylic oxidation sites excluding steroid dienone is 1. The first-order valence-electron chi connectivity index (χ1n) is 12.4. The topological polar surface area (TPSA) is 113 Å². The minimum absolute atomic E-state index is 0.0531. The average molecular weight is 525 g/mol. The average Bonchev–Trinajstić information content (AvgIpc) is 2.82. The van der Waals surface area contributed by atoms with Gasteiger partial charge in [-0.05, 0) is 32.1 Å². The van der Waals surface area contributed by atoms with Crippen LogP contribution in [0.25, 0.3) is 6.08 Å². The van der Waals surface area contributed by atoms with E-state index in [0.717, 1.165) is 19.3 Å². The normalized spacial score (nSPS) is 17.4. The number of likely N-dealkylation sites (tertiary alicyclic amines) is 1. The van der Waals surface area contributed by atoms with Crippen LogP contribution in [0.15, 0.2) is 12.1 Å². The van der Waals surface area contributed by atoms with Gasteiger partial charge in [-0.1, -0.05) is 25.5 Å². The van der Waals surface area contributed by atoms with Crippen LogP contribution in [-0.4, -0.2) is 59.3 Å². The second kappa shape index (κ2) is 12.7. The molecule has 0 bridgehead atoms. The molecule has 202 valence electrons. The molecule has 1 saturated carbocycles. The fourth-order valence-corrected chi connectivity index (χ4v) is 4.35. The number of halogens is 3. The molecule has 2 N–H and O–H groups in total. The van der Waals surface area contributed by atoms with Crippen molar-refractivity contribution < 1.29 is 42.2 Å². The van der Waals surface area contributed by atoms with Crippen LogP contribution >= 0.6 is 0 Å². The van der Waals surface area contributed by atoms with Crippen LogP contribution in [0.5, 0.6) is 5.75 Å². The van der Waals surface area contributed by atoms with E-state index in [2.05, 4.69) is 5.32 Å². The lowest BCUT2D eigenvalue weighted by Gasteiger charge is -2.36. The maximum Gasteiger partial charge on any atom is 0.305 e. The van der Waals surface area contributed by atoms with Gasteiger partial charge in [0.05, 0.1) is 12.0 Å². The van der Waals surface area contributed by atoms with Crippen molar-refractivity contribution >= 4 is 29.6 Å². The van der Waals surface area contributed by atoms with Crippen molar-refractivity contribution in [3.63, 3.8) is 0 Å². The molecule has 8 nitrogen and oxygen atoms in total. The fourth-order valence-electron chi connectivity index (χ4n) is 4.35. The Morgan fingerprint density at radius 1 is 1.11 bits per heavy atom. The molecular weight excluding hydrogens is 493 g/mol. The highest BCUT2D eigenvalue weighted by Crippen LogP contribution is 2.31. The minimum atomic E-state index is -1.51. The number of carboxylic acid groups (broad SMARTS) is 1. The molecule has 2 fully saturated rings. The van der Waals surface area contributed by atoms with Gasteiger partial charge < -0.3 is 20.1 Å². The Morgan fingerprint density at radius 3 is 2.35 bits per heavy atom. The van der Waals surface area contributed by atoms with Gasteiger partial charge in [0, 0.05) is 31.0 Å². The van der Waals surface area contributed by atoms with E-state index in [1.54, 1.807) is 11.8 Å². The number of hydrogen-bond acceptors (Lipinski definition) is 5. The summed E-state index contributed by atoms with van der Waals surface area (Å²) in [4.78, 5) is 51.0. The first kappa shape index (κ1) is 28.2. The zero-order valence-electron chi connectivity index (χ0n) is 20.6. The molecule has 3 rings (SSSR count). The second-order valence-corrected chi connectivity index (χ2v) is 9.35. The first-order chi connectivity index (χ1) is 17.6. The number of piperidine rings is 1. The quantitative estimate of drug-likeness (QED) is 0.429. The van der Waals surface area contributed by atoms with Gasteiger partial charge in [-0.3, -0.25) is 19.2 Å². The van der Waals surface area contributed by atoms with Gasteiger partial charge in [0.25, 0.3) is 0 Å². The van der Waals surface area contributed by atoms with Gasteiger partial charge in [0.15, 0.2) is 17.3 Å². The molecule has 1 saturated heterocycles. The third kappa shape index (κ3) is 7.11. The third-order valence-corrected chi connectivity index (χ3v) is 6.76. The summed E-state index contributed by atoms with van der Waals surface area (Å²) in [6.07, 6.45) is 5.93. The molecule has 2 aliphatic rings. The SMILES string of the molecule is CC/C=C/c1c(F)cc(F)c(F)c1OCC(=O)[C@H](CC(=O)O)NC(=O)C1CCN(C(=O)C2CCC2)CC1. The van der Waals surface area contributed by atoms with Gasteiger partial charge in [-0.25, -0.2) is 8.78 Å². The maximum absolute atomic E-state index is 14.3. The standard InChI is InChI=1S/C26H31F3N2O6/c1-2-3-7-17-18(27)12-19(28)23(29)24(17)37-14-21(32)20(13-22(33)34)30-25(35)15-8-10-31(11-9-15)26(36)16-5-4-6-16/h3,7,12,15-16,20H,2,4-6,8-11,13-14H2,1H3,(H,30,35)(H,33,34)/b7-3+/t20-/m0/s1. The molecule has 37 heavy (non-hydrogen) atoms. The summed E-state index contributed by atoms with van der Waals surface area (Å²) >= 11 is 0. The number of ketones is 1. The van der Waals surface area contributed by atoms with Crippen LogP contribution in [0.4, 0.5) is 13.2 Å².